The van der Waals surface area contributed by atoms with Crippen molar-refractivity contribution >= 4 is 32.7 Å². The van der Waals surface area contributed by atoms with Crippen molar-refractivity contribution in [2.24, 2.45) is 0 Å². The highest BCUT2D eigenvalue weighted by molar-refractivity contribution is 7.89. The van der Waals surface area contributed by atoms with Crippen molar-refractivity contribution in [1.82, 2.24) is 20.0 Å². The molecule has 0 aliphatic heterocycles. The number of aryl methyl sites for hydroxylation is 2. The summed E-state index contributed by atoms with van der Waals surface area (Å²) in [5.74, 6) is -2.15. The summed E-state index contributed by atoms with van der Waals surface area (Å²) in [4.78, 5) is 38.1. The second-order valence-corrected chi connectivity index (χ2v) is 8.42. The van der Waals surface area contributed by atoms with Gasteiger partial charge in [0, 0.05) is 11.9 Å². The van der Waals surface area contributed by atoms with Crippen LogP contribution in [0, 0.1) is 6.92 Å². The standard InChI is InChI=1S/C20H20N4O6S/c1-3-10-24-19(26)15-7-5-4-6-14(15)17(22-24)18(25)21-23-31(29,30)16-11-13(20(27)28)9-8-12(16)2/h4-9,11,23H,3,10H2,1-2H3,(H,21,25)(H,27,28). The van der Waals surface area contributed by atoms with E-state index in [1.165, 1.54) is 19.1 Å². The van der Waals surface area contributed by atoms with Crippen LogP contribution >= 0.6 is 0 Å². The van der Waals surface area contributed by atoms with Gasteiger partial charge in [0.05, 0.1) is 15.8 Å². The van der Waals surface area contributed by atoms with Crippen LogP contribution in [0.5, 0.6) is 0 Å². The number of rotatable bonds is 7. The SMILES string of the molecule is CCCn1nc(C(=O)NNS(=O)(=O)c2cc(C(=O)O)ccc2C)c2ccccc2c1=O. The molecule has 0 radical (unpaired) electrons. The van der Waals surface area contributed by atoms with Gasteiger partial charge in [0.2, 0.25) is 0 Å². The predicted molar refractivity (Wildman–Crippen MR) is 112 cm³/mol. The van der Waals surface area contributed by atoms with Gasteiger partial charge in [0.25, 0.3) is 21.5 Å². The third-order valence-electron chi connectivity index (χ3n) is 4.54. The molecule has 0 unspecified atom stereocenters. The summed E-state index contributed by atoms with van der Waals surface area (Å²) in [6.07, 6.45) is 0.609. The highest BCUT2D eigenvalue weighted by Gasteiger charge is 2.22. The van der Waals surface area contributed by atoms with Gasteiger partial charge < -0.3 is 5.11 Å². The first-order valence-electron chi connectivity index (χ1n) is 9.31. The Kier molecular flexibility index (Phi) is 6.18. The zero-order chi connectivity index (χ0) is 22.8. The number of nitrogens with one attached hydrogen (secondary N) is 2. The van der Waals surface area contributed by atoms with E-state index in [2.05, 4.69) is 10.5 Å². The monoisotopic (exact) mass is 444 g/mol. The number of aromatic nitrogens is 2. The zero-order valence-electron chi connectivity index (χ0n) is 16.7. The third-order valence-corrected chi connectivity index (χ3v) is 5.93. The molecule has 3 rings (SSSR count). The molecule has 3 aromatic rings. The van der Waals surface area contributed by atoms with Crippen molar-refractivity contribution in [2.75, 3.05) is 0 Å². The molecule has 31 heavy (non-hydrogen) atoms. The first-order valence-corrected chi connectivity index (χ1v) is 10.8. The largest absolute Gasteiger partial charge is 0.478 e. The lowest BCUT2D eigenvalue weighted by molar-refractivity contribution is 0.0696. The van der Waals surface area contributed by atoms with Gasteiger partial charge in [-0.1, -0.05) is 31.2 Å². The lowest BCUT2D eigenvalue weighted by Gasteiger charge is -2.13. The molecule has 0 spiro atoms. The normalized spacial score (nSPS) is 11.4. The predicted octanol–water partition coefficient (Wildman–Crippen LogP) is 1.44. The van der Waals surface area contributed by atoms with Crippen molar-refractivity contribution in [3.8, 4) is 0 Å². The molecule has 1 heterocycles. The third kappa shape index (κ3) is 4.47. The van der Waals surface area contributed by atoms with Crippen LogP contribution < -0.4 is 15.8 Å². The maximum atomic E-state index is 12.8. The van der Waals surface area contributed by atoms with Crippen LogP contribution in [0.1, 0.15) is 39.8 Å². The molecule has 11 heteroatoms. The van der Waals surface area contributed by atoms with E-state index in [1.54, 1.807) is 24.3 Å². The second kappa shape index (κ2) is 8.66. The zero-order valence-corrected chi connectivity index (χ0v) is 17.6. The fourth-order valence-corrected chi connectivity index (χ4v) is 4.13. The number of carbonyl (C=O) groups is 2. The van der Waals surface area contributed by atoms with E-state index in [1.807, 2.05) is 11.8 Å². The smallest absolute Gasteiger partial charge is 0.335 e. The molecule has 0 aliphatic rings. The molecule has 162 valence electrons. The number of benzene rings is 2. The molecule has 0 saturated carbocycles. The lowest BCUT2D eigenvalue weighted by Crippen LogP contribution is -2.43. The Morgan fingerprint density at radius 1 is 1.13 bits per heavy atom. The molecular formula is C20H20N4O6S. The minimum absolute atomic E-state index is 0.123. The van der Waals surface area contributed by atoms with E-state index in [9.17, 15) is 22.8 Å². The molecule has 10 nitrogen and oxygen atoms in total. The summed E-state index contributed by atoms with van der Waals surface area (Å²) >= 11 is 0. The highest BCUT2D eigenvalue weighted by atomic mass is 32.2. The molecule has 2 aromatic carbocycles. The van der Waals surface area contributed by atoms with Crippen LogP contribution in [-0.2, 0) is 16.6 Å². The molecule has 0 bridgehead atoms. The lowest BCUT2D eigenvalue weighted by atomic mass is 10.1. The topological polar surface area (TPSA) is 147 Å². The van der Waals surface area contributed by atoms with Crippen LogP contribution in [0.3, 0.4) is 0 Å². The number of carbonyl (C=O) groups excluding carboxylic acids is 1. The minimum Gasteiger partial charge on any atom is -0.478 e. The Bertz CT molecular complexity index is 1350. The fraction of sp³-hybridized carbons (Fsp3) is 0.200. The number of sulfonamides is 1. The molecule has 3 N–H and O–H groups in total. The van der Waals surface area contributed by atoms with Crippen LogP contribution in [0.25, 0.3) is 10.8 Å². The summed E-state index contributed by atoms with van der Waals surface area (Å²) in [5, 5.41) is 13.8. The van der Waals surface area contributed by atoms with E-state index in [4.69, 9.17) is 5.11 Å². The van der Waals surface area contributed by atoms with Gasteiger partial charge in [-0.05, 0) is 37.1 Å². The van der Waals surface area contributed by atoms with E-state index in [0.29, 0.717) is 12.0 Å². The average Bonchev–Trinajstić information content (AvgIpc) is 2.74. The molecule has 1 aromatic heterocycles. The van der Waals surface area contributed by atoms with Gasteiger partial charge in [-0.2, -0.15) is 5.10 Å². The average molecular weight is 444 g/mol. The Labute approximate surface area is 177 Å². The van der Waals surface area contributed by atoms with Crippen molar-refractivity contribution < 1.29 is 23.1 Å². The number of carboxylic acid groups (broad SMARTS) is 1. The quantitative estimate of drug-likeness (QED) is 0.467. The van der Waals surface area contributed by atoms with Crippen molar-refractivity contribution in [1.29, 1.82) is 0 Å². The first-order chi connectivity index (χ1) is 14.7. The Hall–Kier alpha value is -3.57. The van der Waals surface area contributed by atoms with Crippen LogP contribution in [0.2, 0.25) is 0 Å². The molecule has 0 atom stereocenters. The van der Waals surface area contributed by atoms with Gasteiger partial charge in [-0.25, -0.2) is 17.9 Å². The summed E-state index contributed by atoms with van der Waals surface area (Å²) in [6, 6.07) is 10.0. The van der Waals surface area contributed by atoms with E-state index in [0.717, 1.165) is 10.7 Å². The number of amides is 1. The van der Waals surface area contributed by atoms with Crippen LogP contribution in [-0.4, -0.2) is 35.2 Å². The van der Waals surface area contributed by atoms with Crippen LogP contribution in [0.15, 0.2) is 52.2 Å². The first kappa shape index (κ1) is 22.1. The number of aromatic carboxylic acids is 1. The number of hydrogen-bond acceptors (Lipinski definition) is 6. The van der Waals surface area contributed by atoms with Gasteiger partial charge in [-0.3, -0.25) is 15.0 Å². The molecule has 0 saturated heterocycles. The van der Waals surface area contributed by atoms with Crippen LogP contribution in [0.4, 0.5) is 0 Å². The maximum absolute atomic E-state index is 12.8. The number of carboxylic acids is 1. The number of hydrogen-bond donors (Lipinski definition) is 3. The van der Waals surface area contributed by atoms with Crippen molar-refractivity contribution in [3.63, 3.8) is 0 Å². The number of hydrazine groups is 1. The summed E-state index contributed by atoms with van der Waals surface area (Å²) in [7, 11) is -4.27. The molecular weight excluding hydrogens is 424 g/mol. The second-order valence-electron chi connectivity index (χ2n) is 6.77. The van der Waals surface area contributed by atoms with E-state index in [-0.39, 0.29) is 39.0 Å². The van der Waals surface area contributed by atoms with Gasteiger partial charge in [0.15, 0.2) is 5.69 Å². The number of nitrogens with zero attached hydrogens (tertiary/aromatic N) is 2. The van der Waals surface area contributed by atoms with Gasteiger partial charge in [-0.15, -0.1) is 4.83 Å². The minimum atomic E-state index is -4.27. The Balaban J connectivity index is 1.95. The van der Waals surface area contributed by atoms with E-state index < -0.39 is 21.9 Å². The molecule has 0 fully saturated rings. The summed E-state index contributed by atoms with van der Waals surface area (Å²) in [6.45, 7) is 3.64. The van der Waals surface area contributed by atoms with Crippen molar-refractivity contribution in [2.45, 2.75) is 31.7 Å². The molecule has 0 aliphatic carbocycles. The van der Waals surface area contributed by atoms with Gasteiger partial charge in [0.1, 0.15) is 0 Å². The maximum Gasteiger partial charge on any atom is 0.335 e. The number of fused-ring (bicyclic) bond motifs is 1. The Morgan fingerprint density at radius 2 is 1.81 bits per heavy atom. The van der Waals surface area contributed by atoms with Gasteiger partial charge >= 0.3 is 5.97 Å². The van der Waals surface area contributed by atoms with Crippen molar-refractivity contribution in [3.05, 3.63) is 69.6 Å². The summed E-state index contributed by atoms with van der Waals surface area (Å²) < 4.78 is 26.5. The Morgan fingerprint density at radius 3 is 2.45 bits per heavy atom. The molecule has 1 amide bonds. The highest BCUT2D eigenvalue weighted by Crippen LogP contribution is 2.17. The fourth-order valence-electron chi connectivity index (χ4n) is 3.02. The summed E-state index contributed by atoms with van der Waals surface area (Å²) in [5.41, 5.74) is 1.70. The van der Waals surface area contributed by atoms with E-state index >= 15 is 0 Å².